The number of rotatable bonds is 6. The van der Waals surface area contributed by atoms with E-state index in [1.54, 1.807) is 48.5 Å². The molecule has 8 nitrogen and oxygen atoms in total. The van der Waals surface area contributed by atoms with Crippen molar-refractivity contribution in [3.05, 3.63) is 65.9 Å². The summed E-state index contributed by atoms with van der Waals surface area (Å²) in [6, 6.07) is 13.8. The van der Waals surface area contributed by atoms with E-state index in [-0.39, 0.29) is 11.7 Å². The van der Waals surface area contributed by atoms with Crippen molar-refractivity contribution in [3.63, 3.8) is 0 Å². The van der Waals surface area contributed by atoms with Gasteiger partial charge >= 0.3 is 5.97 Å². The number of nitrogens with one attached hydrogen (secondary N) is 2. The standard InChI is InChI=1S/C19H17N5O3/c1-12(25)13-5-3-8-16(9-13)22-19-23-17(11-20-24-19)21-15-7-4-6-14(10-15)18(26)27-2/h3-11H,1-2H3,(H2,21,22,23,24). The fourth-order valence-corrected chi connectivity index (χ4v) is 2.35. The maximum absolute atomic E-state index is 11.6. The second-order valence-corrected chi connectivity index (χ2v) is 5.62. The number of Topliss-reactive ketones (excluding diaryl/α,β-unsaturated/α-hetero) is 1. The molecular weight excluding hydrogens is 346 g/mol. The highest BCUT2D eigenvalue weighted by molar-refractivity contribution is 5.95. The first-order chi connectivity index (χ1) is 13.0. The van der Waals surface area contributed by atoms with Gasteiger partial charge in [-0.05, 0) is 37.3 Å². The number of ketones is 1. The van der Waals surface area contributed by atoms with Crippen LogP contribution in [0.2, 0.25) is 0 Å². The van der Waals surface area contributed by atoms with Crippen LogP contribution in [0.1, 0.15) is 27.6 Å². The lowest BCUT2D eigenvalue weighted by Gasteiger charge is -2.09. The van der Waals surface area contributed by atoms with Gasteiger partial charge in [0.25, 0.3) is 0 Å². The van der Waals surface area contributed by atoms with Crippen LogP contribution in [0.5, 0.6) is 0 Å². The third-order valence-electron chi connectivity index (χ3n) is 3.64. The number of hydrogen-bond donors (Lipinski definition) is 2. The first kappa shape index (κ1) is 18.0. The summed E-state index contributed by atoms with van der Waals surface area (Å²) >= 11 is 0. The molecular formula is C19H17N5O3. The lowest BCUT2D eigenvalue weighted by molar-refractivity contribution is 0.0600. The zero-order valence-electron chi connectivity index (χ0n) is 14.8. The second-order valence-electron chi connectivity index (χ2n) is 5.62. The molecule has 0 saturated heterocycles. The molecule has 0 spiro atoms. The quantitative estimate of drug-likeness (QED) is 0.507. The Labute approximate surface area is 155 Å². The van der Waals surface area contributed by atoms with Crippen LogP contribution in [-0.4, -0.2) is 34.0 Å². The number of ether oxygens (including phenoxy) is 1. The van der Waals surface area contributed by atoms with E-state index < -0.39 is 5.97 Å². The van der Waals surface area contributed by atoms with Gasteiger partial charge in [-0.15, -0.1) is 5.10 Å². The Kier molecular flexibility index (Phi) is 5.36. The highest BCUT2D eigenvalue weighted by atomic mass is 16.5. The fourth-order valence-electron chi connectivity index (χ4n) is 2.35. The topological polar surface area (TPSA) is 106 Å². The van der Waals surface area contributed by atoms with E-state index >= 15 is 0 Å². The van der Waals surface area contributed by atoms with Gasteiger partial charge in [0.15, 0.2) is 11.6 Å². The number of aromatic nitrogens is 3. The number of benzene rings is 2. The van der Waals surface area contributed by atoms with E-state index in [2.05, 4.69) is 25.8 Å². The predicted octanol–water partition coefficient (Wildman–Crippen LogP) is 3.35. The van der Waals surface area contributed by atoms with Crippen LogP contribution in [0.25, 0.3) is 0 Å². The Morgan fingerprint density at radius 3 is 2.33 bits per heavy atom. The predicted molar refractivity (Wildman–Crippen MR) is 101 cm³/mol. The normalized spacial score (nSPS) is 10.1. The lowest BCUT2D eigenvalue weighted by atomic mass is 10.1. The van der Waals surface area contributed by atoms with Gasteiger partial charge < -0.3 is 15.4 Å². The minimum Gasteiger partial charge on any atom is -0.465 e. The first-order valence-corrected chi connectivity index (χ1v) is 8.08. The molecule has 0 radical (unpaired) electrons. The van der Waals surface area contributed by atoms with E-state index in [0.29, 0.717) is 28.3 Å². The summed E-state index contributed by atoms with van der Waals surface area (Å²) in [6.45, 7) is 1.50. The molecule has 136 valence electrons. The van der Waals surface area contributed by atoms with Gasteiger partial charge in [-0.1, -0.05) is 18.2 Å². The number of carbonyl (C=O) groups is 2. The van der Waals surface area contributed by atoms with E-state index in [0.717, 1.165) is 0 Å². The molecule has 0 amide bonds. The van der Waals surface area contributed by atoms with Gasteiger partial charge in [-0.25, -0.2) is 4.79 Å². The van der Waals surface area contributed by atoms with Crippen LogP contribution in [-0.2, 0) is 4.74 Å². The zero-order valence-corrected chi connectivity index (χ0v) is 14.8. The maximum atomic E-state index is 11.6. The van der Waals surface area contributed by atoms with E-state index in [1.165, 1.54) is 20.2 Å². The van der Waals surface area contributed by atoms with Gasteiger partial charge in [0.1, 0.15) is 0 Å². The van der Waals surface area contributed by atoms with Crippen molar-refractivity contribution >= 4 is 34.9 Å². The van der Waals surface area contributed by atoms with Crippen molar-refractivity contribution in [3.8, 4) is 0 Å². The van der Waals surface area contributed by atoms with Crippen molar-refractivity contribution in [2.24, 2.45) is 0 Å². The lowest BCUT2D eigenvalue weighted by Crippen LogP contribution is -2.04. The summed E-state index contributed by atoms with van der Waals surface area (Å²) in [5, 5.41) is 13.9. The molecule has 0 saturated carbocycles. The van der Waals surface area contributed by atoms with Crippen molar-refractivity contribution in [2.75, 3.05) is 17.7 Å². The monoisotopic (exact) mass is 363 g/mol. The minimum absolute atomic E-state index is 0.0291. The molecule has 1 heterocycles. The Morgan fingerprint density at radius 2 is 1.63 bits per heavy atom. The van der Waals surface area contributed by atoms with E-state index in [9.17, 15) is 9.59 Å². The van der Waals surface area contributed by atoms with Crippen LogP contribution in [0, 0.1) is 0 Å². The SMILES string of the molecule is COC(=O)c1cccc(Nc2cnnc(Nc3cccc(C(C)=O)c3)n2)c1. The summed E-state index contributed by atoms with van der Waals surface area (Å²) in [7, 11) is 1.33. The molecule has 0 bridgehead atoms. The third kappa shape index (κ3) is 4.63. The summed E-state index contributed by atoms with van der Waals surface area (Å²) in [5.74, 6) is 0.257. The van der Waals surface area contributed by atoms with Crippen LogP contribution < -0.4 is 10.6 Å². The number of nitrogens with zero attached hydrogens (tertiary/aromatic N) is 3. The summed E-state index contributed by atoms with van der Waals surface area (Å²) in [5.41, 5.74) is 2.34. The Hall–Kier alpha value is -3.81. The number of carbonyl (C=O) groups excluding carboxylic acids is 2. The van der Waals surface area contributed by atoms with Crippen molar-refractivity contribution in [2.45, 2.75) is 6.92 Å². The van der Waals surface area contributed by atoms with Crippen LogP contribution in [0.4, 0.5) is 23.1 Å². The number of hydrogen-bond acceptors (Lipinski definition) is 8. The molecule has 0 aliphatic heterocycles. The molecule has 0 aliphatic carbocycles. The van der Waals surface area contributed by atoms with E-state index in [4.69, 9.17) is 4.74 Å². The highest BCUT2D eigenvalue weighted by Gasteiger charge is 2.07. The smallest absolute Gasteiger partial charge is 0.337 e. The van der Waals surface area contributed by atoms with Gasteiger partial charge in [0.05, 0.1) is 18.9 Å². The minimum atomic E-state index is -0.424. The van der Waals surface area contributed by atoms with E-state index in [1.807, 2.05) is 0 Å². The number of anilines is 4. The largest absolute Gasteiger partial charge is 0.465 e. The van der Waals surface area contributed by atoms with Crippen LogP contribution >= 0.6 is 0 Å². The van der Waals surface area contributed by atoms with Crippen molar-refractivity contribution in [1.29, 1.82) is 0 Å². The van der Waals surface area contributed by atoms with Crippen LogP contribution in [0.15, 0.2) is 54.7 Å². The summed E-state index contributed by atoms with van der Waals surface area (Å²) < 4.78 is 4.71. The molecule has 0 aliphatic rings. The molecule has 3 rings (SSSR count). The summed E-state index contributed by atoms with van der Waals surface area (Å²) in [6.07, 6.45) is 1.46. The number of methoxy groups -OCH3 is 1. The molecule has 0 atom stereocenters. The average molecular weight is 363 g/mol. The van der Waals surface area contributed by atoms with Crippen molar-refractivity contribution in [1.82, 2.24) is 15.2 Å². The molecule has 0 unspecified atom stereocenters. The van der Waals surface area contributed by atoms with Gasteiger partial charge in [-0.3, -0.25) is 4.79 Å². The highest BCUT2D eigenvalue weighted by Crippen LogP contribution is 2.19. The third-order valence-corrected chi connectivity index (χ3v) is 3.64. The molecule has 3 aromatic rings. The molecule has 2 aromatic carbocycles. The Morgan fingerprint density at radius 1 is 0.963 bits per heavy atom. The van der Waals surface area contributed by atoms with Crippen molar-refractivity contribution < 1.29 is 14.3 Å². The van der Waals surface area contributed by atoms with Gasteiger partial charge in [0, 0.05) is 16.9 Å². The Balaban J connectivity index is 1.77. The molecule has 0 fully saturated rings. The number of esters is 1. The van der Waals surface area contributed by atoms with Gasteiger partial charge in [0.2, 0.25) is 5.95 Å². The van der Waals surface area contributed by atoms with Gasteiger partial charge in [-0.2, -0.15) is 10.1 Å². The fraction of sp³-hybridized carbons (Fsp3) is 0.105. The Bertz CT molecular complexity index is 990. The van der Waals surface area contributed by atoms with Crippen LogP contribution in [0.3, 0.4) is 0 Å². The molecule has 8 heteroatoms. The molecule has 2 N–H and O–H groups in total. The maximum Gasteiger partial charge on any atom is 0.337 e. The average Bonchev–Trinajstić information content (AvgIpc) is 2.68. The second kappa shape index (κ2) is 8.05. The first-order valence-electron chi connectivity index (χ1n) is 8.08. The zero-order chi connectivity index (χ0) is 19.2. The molecule has 1 aromatic heterocycles. The molecule has 27 heavy (non-hydrogen) atoms. The summed E-state index contributed by atoms with van der Waals surface area (Å²) in [4.78, 5) is 27.5.